The zero-order valence-electron chi connectivity index (χ0n) is 23.1. The molecule has 0 aliphatic rings. The van der Waals surface area contributed by atoms with E-state index in [0.29, 0.717) is 13.0 Å². The maximum Gasteiger partial charge on any atom is 0.307 e. The van der Waals surface area contributed by atoms with Crippen LogP contribution < -0.4 is 0 Å². The summed E-state index contributed by atoms with van der Waals surface area (Å²) in [6.45, 7) is 9.56. The van der Waals surface area contributed by atoms with Crippen molar-refractivity contribution in [3.05, 3.63) is 142 Å². The number of aryl methyl sites for hydroxylation is 2. The van der Waals surface area contributed by atoms with E-state index in [1.165, 1.54) is 33.4 Å². The largest absolute Gasteiger partial charge is 0.466 e. The molecule has 38 heavy (non-hydrogen) atoms. The molecule has 2 atom stereocenters. The molecule has 4 aromatic rings. The van der Waals surface area contributed by atoms with E-state index in [-0.39, 0.29) is 18.1 Å². The van der Waals surface area contributed by atoms with Crippen LogP contribution in [0.2, 0.25) is 0 Å². The Morgan fingerprint density at radius 1 is 0.763 bits per heavy atom. The molecule has 0 aromatic heterocycles. The standard InChI is InChI=1S/C35H39NO2/c1-5-38-35(37)24-34(32-21-13-18-30(22-32)23-33-26(2)14-12-15-27(33)3)36(25-29-16-8-6-9-17-29)28(4)31-19-10-7-11-20-31/h6-22,28,34H,5,23-25H2,1-4H3/t28-,34+/m1/s1. The molecule has 3 heteroatoms. The second kappa shape index (κ2) is 13.2. The average molecular weight is 506 g/mol. The van der Waals surface area contributed by atoms with Gasteiger partial charge in [-0.15, -0.1) is 0 Å². The van der Waals surface area contributed by atoms with Gasteiger partial charge in [0.15, 0.2) is 0 Å². The van der Waals surface area contributed by atoms with Crippen molar-refractivity contribution in [1.29, 1.82) is 0 Å². The molecule has 0 saturated carbocycles. The fourth-order valence-corrected chi connectivity index (χ4v) is 5.28. The Morgan fingerprint density at radius 2 is 1.34 bits per heavy atom. The summed E-state index contributed by atoms with van der Waals surface area (Å²) in [5, 5.41) is 0. The molecule has 0 fully saturated rings. The highest BCUT2D eigenvalue weighted by Gasteiger charge is 2.29. The summed E-state index contributed by atoms with van der Waals surface area (Å²) in [5.74, 6) is -0.170. The third-order valence-corrected chi connectivity index (χ3v) is 7.41. The predicted octanol–water partition coefficient (Wildman–Crippen LogP) is 8.15. The van der Waals surface area contributed by atoms with Crippen molar-refractivity contribution in [2.45, 2.75) is 59.2 Å². The van der Waals surface area contributed by atoms with Crippen LogP contribution in [0.5, 0.6) is 0 Å². The minimum atomic E-state index is -0.170. The Hall–Kier alpha value is -3.69. The molecule has 4 aromatic carbocycles. The number of benzene rings is 4. The van der Waals surface area contributed by atoms with Gasteiger partial charge in [0.1, 0.15) is 0 Å². The molecule has 0 aliphatic carbocycles. The van der Waals surface area contributed by atoms with Crippen LogP contribution in [0, 0.1) is 13.8 Å². The Balaban J connectivity index is 1.75. The number of nitrogens with zero attached hydrogens (tertiary/aromatic N) is 1. The number of carbonyl (C=O) groups is 1. The first-order chi connectivity index (χ1) is 18.5. The molecule has 0 saturated heterocycles. The summed E-state index contributed by atoms with van der Waals surface area (Å²) in [6.07, 6.45) is 1.16. The molecule has 0 aliphatic heterocycles. The molecule has 0 unspecified atom stereocenters. The number of carbonyl (C=O) groups excluding carboxylic acids is 1. The van der Waals surface area contributed by atoms with Gasteiger partial charge in [-0.3, -0.25) is 9.69 Å². The summed E-state index contributed by atoms with van der Waals surface area (Å²) >= 11 is 0. The van der Waals surface area contributed by atoms with Gasteiger partial charge in [-0.05, 0) is 73.1 Å². The number of rotatable bonds is 11. The molecule has 3 nitrogen and oxygen atoms in total. The summed E-state index contributed by atoms with van der Waals surface area (Å²) in [5.41, 5.74) is 8.82. The van der Waals surface area contributed by atoms with E-state index >= 15 is 0 Å². The summed E-state index contributed by atoms with van der Waals surface area (Å²) in [7, 11) is 0. The molecule has 4 rings (SSSR count). The van der Waals surface area contributed by atoms with Crippen molar-refractivity contribution in [2.24, 2.45) is 0 Å². The number of ether oxygens (including phenoxy) is 1. The quantitative estimate of drug-likeness (QED) is 0.193. The van der Waals surface area contributed by atoms with Gasteiger partial charge in [0.05, 0.1) is 13.0 Å². The van der Waals surface area contributed by atoms with Crippen LogP contribution >= 0.6 is 0 Å². The van der Waals surface area contributed by atoms with Crippen LogP contribution in [-0.2, 0) is 22.5 Å². The molecule has 0 amide bonds. The van der Waals surface area contributed by atoms with Crippen LogP contribution in [0.3, 0.4) is 0 Å². The van der Waals surface area contributed by atoms with Crippen molar-refractivity contribution >= 4 is 5.97 Å². The molecule has 0 bridgehead atoms. The van der Waals surface area contributed by atoms with Crippen molar-refractivity contribution in [1.82, 2.24) is 4.90 Å². The van der Waals surface area contributed by atoms with E-state index in [0.717, 1.165) is 18.5 Å². The van der Waals surface area contributed by atoms with Gasteiger partial charge in [-0.1, -0.05) is 103 Å². The van der Waals surface area contributed by atoms with Crippen LogP contribution in [0.1, 0.15) is 71.3 Å². The van der Waals surface area contributed by atoms with E-state index in [9.17, 15) is 4.79 Å². The molecular weight excluding hydrogens is 466 g/mol. The summed E-state index contributed by atoms with van der Waals surface area (Å²) in [6, 6.07) is 36.3. The summed E-state index contributed by atoms with van der Waals surface area (Å²) in [4.78, 5) is 15.4. The molecular formula is C35H39NO2. The Kier molecular flexibility index (Phi) is 9.51. The fourth-order valence-electron chi connectivity index (χ4n) is 5.28. The Bertz CT molecular complexity index is 1300. The van der Waals surface area contributed by atoms with Gasteiger partial charge < -0.3 is 4.74 Å². The van der Waals surface area contributed by atoms with E-state index in [2.05, 4.69) is 117 Å². The van der Waals surface area contributed by atoms with Crippen molar-refractivity contribution in [3.8, 4) is 0 Å². The summed E-state index contributed by atoms with van der Waals surface area (Å²) < 4.78 is 5.47. The fraction of sp³-hybridized carbons (Fsp3) is 0.286. The lowest BCUT2D eigenvalue weighted by molar-refractivity contribution is -0.145. The highest BCUT2D eigenvalue weighted by molar-refractivity contribution is 5.70. The first-order valence-electron chi connectivity index (χ1n) is 13.6. The SMILES string of the molecule is CCOC(=O)C[C@@H](c1cccc(Cc2c(C)cccc2C)c1)N(Cc1ccccc1)[C@H](C)c1ccccc1. The molecule has 0 spiro atoms. The average Bonchev–Trinajstić information content (AvgIpc) is 2.94. The molecule has 196 valence electrons. The lowest BCUT2D eigenvalue weighted by atomic mass is 9.92. The predicted molar refractivity (Wildman–Crippen MR) is 156 cm³/mol. The number of esters is 1. The maximum absolute atomic E-state index is 13.0. The van der Waals surface area contributed by atoms with Crippen molar-refractivity contribution in [3.63, 3.8) is 0 Å². The second-order valence-corrected chi connectivity index (χ2v) is 10.1. The zero-order chi connectivity index (χ0) is 26.9. The van der Waals surface area contributed by atoms with Gasteiger partial charge in [0.2, 0.25) is 0 Å². The van der Waals surface area contributed by atoms with Gasteiger partial charge in [-0.2, -0.15) is 0 Å². The lowest BCUT2D eigenvalue weighted by Crippen LogP contribution is -2.33. The van der Waals surface area contributed by atoms with Gasteiger partial charge in [-0.25, -0.2) is 0 Å². The topological polar surface area (TPSA) is 29.5 Å². The van der Waals surface area contributed by atoms with E-state index < -0.39 is 0 Å². The van der Waals surface area contributed by atoms with Gasteiger partial charge in [0, 0.05) is 18.6 Å². The Labute approximate surface area is 228 Å². The van der Waals surface area contributed by atoms with Crippen LogP contribution in [0.25, 0.3) is 0 Å². The highest BCUT2D eigenvalue weighted by Crippen LogP contribution is 2.35. The lowest BCUT2D eigenvalue weighted by Gasteiger charge is -2.37. The Morgan fingerprint density at radius 3 is 2.00 bits per heavy atom. The third kappa shape index (κ3) is 6.99. The van der Waals surface area contributed by atoms with E-state index in [4.69, 9.17) is 4.74 Å². The number of hydrogen-bond donors (Lipinski definition) is 0. The van der Waals surface area contributed by atoms with E-state index in [1.54, 1.807) is 0 Å². The first-order valence-corrected chi connectivity index (χ1v) is 13.6. The minimum absolute atomic E-state index is 0.0955. The van der Waals surface area contributed by atoms with Crippen LogP contribution in [0.15, 0.2) is 103 Å². The second-order valence-electron chi connectivity index (χ2n) is 10.1. The van der Waals surface area contributed by atoms with Crippen molar-refractivity contribution < 1.29 is 9.53 Å². The van der Waals surface area contributed by atoms with Gasteiger partial charge in [0.25, 0.3) is 0 Å². The number of hydrogen-bond acceptors (Lipinski definition) is 3. The first kappa shape index (κ1) is 27.3. The maximum atomic E-state index is 13.0. The smallest absolute Gasteiger partial charge is 0.307 e. The van der Waals surface area contributed by atoms with E-state index in [1.807, 2.05) is 19.1 Å². The monoisotopic (exact) mass is 505 g/mol. The highest BCUT2D eigenvalue weighted by atomic mass is 16.5. The van der Waals surface area contributed by atoms with Crippen LogP contribution in [0.4, 0.5) is 0 Å². The third-order valence-electron chi connectivity index (χ3n) is 7.41. The van der Waals surface area contributed by atoms with Crippen molar-refractivity contribution in [2.75, 3.05) is 6.61 Å². The zero-order valence-corrected chi connectivity index (χ0v) is 23.1. The van der Waals surface area contributed by atoms with Gasteiger partial charge >= 0.3 is 5.97 Å². The molecule has 0 heterocycles. The normalized spacial score (nSPS) is 12.8. The molecule has 0 N–H and O–H groups in total. The molecule has 0 radical (unpaired) electrons. The minimum Gasteiger partial charge on any atom is -0.466 e. The van der Waals surface area contributed by atoms with Crippen LogP contribution in [-0.4, -0.2) is 17.5 Å².